The number of hydrogen-bond donors (Lipinski definition) is 0. The van der Waals surface area contributed by atoms with Gasteiger partial charge in [-0.25, -0.2) is 9.97 Å². The van der Waals surface area contributed by atoms with Crippen molar-refractivity contribution in [2.45, 2.75) is 30.3 Å². The summed E-state index contributed by atoms with van der Waals surface area (Å²) in [6.07, 6.45) is 4.58. The average Bonchev–Trinajstić information content (AvgIpc) is 3.59. The van der Waals surface area contributed by atoms with Gasteiger partial charge in [0.25, 0.3) is 0 Å². The van der Waals surface area contributed by atoms with Crippen molar-refractivity contribution >= 4 is 69.5 Å². The molecule has 5 rings (SSSR count). The van der Waals surface area contributed by atoms with Crippen LogP contribution < -0.4 is 4.74 Å². The summed E-state index contributed by atoms with van der Waals surface area (Å²) < 4.78 is 7.55. The third kappa shape index (κ3) is 6.27. The van der Waals surface area contributed by atoms with Crippen LogP contribution in [0.25, 0.3) is 21.1 Å². The summed E-state index contributed by atoms with van der Waals surface area (Å²) in [6, 6.07) is 19.5. The van der Waals surface area contributed by atoms with Gasteiger partial charge in [0.15, 0.2) is 5.16 Å². The van der Waals surface area contributed by atoms with Crippen LogP contribution >= 0.6 is 69.5 Å². The molecule has 3 aromatic carbocycles. The number of thioether (sulfide) groups is 1. The first-order valence-electron chi connectivity index (χ1n) is 12.1. The molecule has 0 saturated carbocycles. The first-order chi connectivity index (χ1) is 18.9. The number of ether oxygens (including phenoxy) is 1. The van der Waals surface area contributed by atoms with Gasteiger partial charge in [-0.15, -0.1) is 11.3 Å². The second-order valence-corrected chi connectivity index (χ2v) is 12.3. The second-order valence-electron chi connectivity index (χ2n) is 8.69. The van der Waals surface area contributed by atoms with E-state index in [1.54, 1.807) is 36.3 Å². The highest BCUT2D eigenvalue weighted by Gasteiger charge is 2.23. The van der Waals surface area contributed by atoms with Crippen LogP contribution in [0.1, 0.15) is 30.5 Å². The summed E-state index contributed by atoms with van der Waals surface area (Å²) in [5.74, 6) is 1.59. The largest absolute Gasteiger partial charge is 0.497 e. The van der Waals surface area contributed by atoms with Crippen molar-refractivity contribution in [2.24, 2.45) is 0 Å². The summed E-state index contributed by atoms with van der Waals surface area (Å²) in [5, 5.41) is 3.84. The van der Waals surface area contributed by atoms with Crippen LogP contribution in [-0.4, -0.2) is 21.6 Å². The number of nitrogens with zero attached hydrogens (tertiary/aromatic N) is 3. The molecule has 0 bridgehead atoms. The molecule has 0 amide bonds. The topological polar surface area (TPSA) is 39.9 Å². The molecule has 0 saturated heterocycles. The Balaban J connectivity index is 1.54. The Bertz CT molecular complexity index is 1600. The molecule has 39 heavy (non-hydrogen) atoms. The van der Waals surface area contributed by atoms with Gasteiger partial charge in [0.2, 0.25) is 0 Å². The van der Waals surface area contributed by atoms with Crippen molar-refractivity contribution < 1.29 is 4.74 Å². The summed E-state index contributed by atoms with van der Waals surface area (Å²) in [7, 11) is 1.67. The standard InChI is InChI=1S/C29H23Cl4N3OS2/c1-3-25(18-6-10-21(30)23(32)12-18)36-26(14-35-29(36)38-16-17-4-8-20(37-2)9-5-17)28-34-15-27(39-28)19-7-11-22(31)24(33)13-19/h4-15,25H,3,16H2,1-2H3. The smallest absolute Gasteiger partial charge is 0.169 e. The fourth-order valence-corrected chi connectivity index (χ4v) is 6.75. The van der Waals surface area contributed by atoms with Crippen LogP contribution in [0.3, 0.4) is 0 Å². The Hall–Kier alpha value is -2.19. The van der Waals surface area contributed by atoms with Gasteiger partial charge in [-0.05, 0) is 59.5 Å². The van der Waals surface area contributed by atoms with E-state index in [0.717, 1.165) is 49.8 Å². The van der Waals surface area contributed by atoms with Crippen LogP contribution in [0.4, 0.5) is 0 Å². The molecular formula is C29H23Cl4N3OS2. The number of rotatable bonds is 9. The van der Waals surface area contributed by atoms with E-state index >= 15 is 0 Å². The van der Waals surface area contributed by atoms with Gasteiger partial charge in [0.05, 0.1) is 50.0 Å². The van der Waals surface area contributed by atoms with Crippen LogP contribution in [-0.2, 0) is 5.75 Å². The third-order valence-corrected chi connectivity index (χ3v) is 9.83. The Labute approximate surface area is 255 Å². The third-order valence-electron chi connectivity index (χ3n) is 6.25. The molecule has 1 unspecified atom stereocenters. The molecule has 200 valence electrons. The Kier molecular flexibility index (Phi) is 9.12. The van der Waals surface area contributed by atoms with Crippen molar-refractivity contribution in [3.63, 3.8) is 0 Å². The van der Waals surface area contributed by atoms with E-state index in [-0.39, 0.29) is 6.04 Å². The van der Waals surface area contributed by atoms with Crippen molar-refractivity contribution in [3.05, 3.63) is 104 Å². The lowest BCUT2D eigenvalue weighted by Gasteiger charge is -2.22. The van der Waals surface area contributed by atoms with E-state index < -0.39 is 0 Å². The second kappa shape index (κ2) is 12.5. The quantitative estimate of drug-likeness (QED) is 0.151. The zero-order valence-corrected chi connectivity index (χ0v) is 25.7. The lowest BCUT2D eigenvalue weighted by Crippen LogP contribution is -2.12. The fraction of sp³-hybridized carbons (Fsp3) is 0.172. The zero-order chi connectivity index (χ0) is 27.5. The molecule has 4 nitrogen and oxygen atoms in total. The number of methoxy groups -OCH3 is 1. The van der Waals surface area contributed by atoms with Gasteiger partial charge in [-0.1, -0.05) is 89.4 Å². The van der Waals surface area contributed by atoms with Crippen LogP contribution in [0, 0.1) is 0 Å². The van der Waals surface area contributed by atoms with Gasteiger partial charge < -0.3 is 9.30 Å². The van der Waals surface area contributed by atoms with E-state index in [0.29, 0.717) is 20.1 Å². The predicted octanol–water partition coefficient (Wildman–Crippen LogP) is 10.6. The molecule has 0 N–H and O–H groups in total. The van der Waals surface area contributed by atoms with Crippen LogP contribution in [0.15, 0.2) is 78.2 Å². The number of benzene rings is 3. The lowest BCUT2D eigenvalue weighted by molar-refractivity contribution is 0.414. The molecule has 0 aliphatic heterocycles. The molecule has 5 aromatic rings. The fourth-order valence-electron chi connectivity index (χ4n) is 4.24. The van der Waals surface area contributed by atoms with E-state index in [9.17, 15) is 0 Å². The van der Waals surface area contributed by atoms with Gasteiger partial charge in [-0.2, -0.15) is 0 Å². The molecule has 0 radical (unpaired) electrons. The first-order valence-corrected chi connectivity index (χ1v) is 15.4. The monoisotopic (exact) mass is 633 g/mol. The normalized spacial score (nSPS) is 12.1. The molecule has 0 fully saturated rings. The number of aromatic nitrogens is 3. The first kappa shape index (κ1) is 28.3. The number of imidazole rings is 1. The van der Waals surface area contributed by atoms with E-state index in [1.807, 2.05) is 54.9 Å². The lowest BCUT2D eigenvalue weighted by atomic mass is 10.0. The summed E-state index contributed by atoms with van der Waals surface area (Å²) in [4.78, 5) is 10.6. The molecule has 0 spiro atoms. The van der Waals surface area contributed by atoms with E-state index in [4.69, 9.17) is 61.1 Å². The summed E-state index contributed by atoms with van der Waals surface area (Å²) >= 11 is 28.3. The van der Waals surface area contributed by atoms with E-state index in [1.165, 1.54) is 5.56 Å². The molecular weight excluding hydrogens is 612 g/mol. The summed E-state index contributed by atoms with van der Waals surface area (Å²) in [5.41, 5.74) is 4.13. The summed E-state index contributed by atoms with van der Waals surface area (Å²) in [6.45, 7) is 2.15. The highest BCUT2D eigenvalue weighted by molar-refractivity contribution is 7.98. The maximum Gasteiger partial charge on any atom is 0.169 e. The Morgan fingerprint density at radius 1 is 0.872 bits per heavy atom. The number of hydrogen-bond acceptors (Lipinski definition) is 5. The minimum Gasteiger partial charge on any atom is -0.497 e. The Morgan fingerprint density at radius 2 is 1.59 bits per heavy atom. The average molecular weight is 635 g/mol. The van der Waals surface area contributed by atoms with E-state index in [2.05, 4.69) is 23.6 Å². The number of thiazole rings is 1. The molecule has 2 aromatic heterocycles. The van der Waals surface area contributed by atoms with Crippen molar-refractivity contribution in [2.75, 3.05) is 7.11 Å². The van der Waals surface area contributed by atoms with Crippen molar-refractivity contribution in [1.29, 1.82) is 0 Å². The molecule has 1 atom stereocenters. The highest BCUT2D eigenvalue weighted by atomic mass is 35.5. The van der Waals surface area contributed by atoms with Gasteiger partial charge >= 0.3 is 0 Å². The molecule has 0 aliphatic carbocycles. The Morgan fingerprint density at radius 3 is 2.26 bits per heavy atom. The van der Waals surface area contributed by atoms with Crippen molar-refractivity contribution in [3.8, 4) is 26.9 Å². The van der Waals surface area contributed by atoms with Crippen LogP contribution in [0.2, 0.25) is 20.1 Å². The predicted molar refractivity (Wildman–Crippen MR) is 166 cm³/mol. The molecule has 2 heterocycles. The van der Waals surface area contributed by atoms with Crippen molar-refractivity contribution in [1.82, 2.24) is 14.5 Å². The minimum absolute atomic E-state index is 0.0204. The van der Waals surface area contributed by atoms with Gasteiger partial charge in [0.1, 0.15) is 10.8 Å². The SMILES string of the molecule is CCC(c1ccc(Cl)c(Cl)c1)n1c(-c2ncc(-c3ccc(Cl)c(Cl)c3)s2)cnc1SCc1ccc(OC)cc1. The van der Waals surface area contributed by atoms with Crippen LogP contribution in [0.5, 0.6) is 5.75 Å². The van der Waals surface area contributed by atoms with Gasteiger partial charge in [0, 0.05) is 11.9 Å². The zero-order valence-electron chi connectivity index (χ0n) is 21.0. The molecule has 0 aliphatic rings. The minimum atomic E-state index is -0.0204. The molecule has 10 heteroatoms. The number of halogens is 4. The highest BCUT2D eigenvalue weighted by Crippen LogP contribution is 2.40. The maximum absolute atomic E-state index is 6.43. The van der Waals surface area contributed by atoms with Gasteiger partial charge in [-0.3, -0.25) is 0 Å². The maximum atomic E-state index is 6.43.